The number of aryl methyl sites for hydroxylation is 2. The van der Waals surface area contributed by atoms with Crippen molar-refractivity contribution < 1.29 is 14.6 Å². The number of hydrogen-bond acceptors (Lipinski definition) is 6. The van der Waals surface area contributed by atoms with Crippen LogP contribution in [0.3, 0.4) is 0 Å². The molecule has 0 aliphatic rings. The number of aliphatic hydroxyl groups excluding tert-OH is 1. The topological polar surface area (TPSA) is 96.3 Å². The molecule has 0 radical (unpaired) electrons. The SMILES string of the molecule is Cc1ccc(O)c(CNc2cc(-c3ccoc3C)nn2CCO)n1. The largest absolute Gasteiger partial charge is 0.506 e. The molecule has 0 spiro atoms. The van der Waals surface area contributed by atoms with Gasteiger partial charge in [0, 0.05) is 17.3 Å². The zero-order chi connectivity index (χ0) is 17.1. The smallest absolute Gasteiger partial charge is 0.138 e. The van der Waals surface area contributed by atoms with Gasteiger partial charge >= 0.3 is 0 Å². The fourth-order valence-electron chi connectivity index (χ4n) is 2.51. The van der Waals surface area contributed by atoms with Gasteiger partial charge < -0.3 is 19.9 Å². The number of nitrogens with one attached hydrogen (secondary N) is 1. The molecule has 3 aromatic heterocycles. The van der Waals surface area contributed by atoms with Crippen LogP contribution in [-0.2, 0) is 13.1 Å². The molecule has 0 aliphatic heterocycles. The first-order valence-electron chi connectivity index (χ1n) is 7.71. The van der Waals surface area contributed by atoms with Crippen molar-refractivity contribution in [2.75, 3.05) is 11.9 Å². The molecule has 3 aromatic rings. The van der Waals surface area contributed by atoms with Crippen molar-refractivity contribution in [1.82, 2.24) is 14.8 Å². The highest BCUT2D eigenvalue weighted by Crippen LogP contribution is 2.26. The second kappa shape index (κ2) is 6.76. The highest BCUT2D eigenvalue weighted by Gasteiger charge is 2.13. The van der Waals surface area contributed by atoms with Crippen molar-refractivity contribution in [3.05, 3.63) is 47.7 Å². The molecule has 0 unspecified atom stereocenters. The Morgan fingerprint density at radius 1 is 1.25 bits per heavy atom. The minimum absolute atomic E-state index is 0.0197. The maximum atomic E-state index is 9.90. The fraction of sp³-hybridized carbons (Fsp3) is 0.294. The molecule has 0 amide bonds. The van der Waals surface area contributed by atoms with Gasteiger partial charge in [0.15, 0.2) is 0 Å². The first kappa shape index (κ1) is 16.1. The predicted octanol–water partition coefficient (Wildman–Crippen LogP) is 2.46. The number of anilines is 1. The summed E-state index contributed by atoms with van der Waals surface area (Å²) in [4.78, 5) is 4.33. The van der Waals surface area contributed by atoms with E-state index in [1.54, 1.807) is 23.1 Å². The maximum absolute atomic E-state index is 9.90. The van der Waals surface area contributed by atoms with Crippen LogP contribution >= 0.6 is 0 Å². The second-order valence-electron chi connectivity index (χ2n) is 5.52. The van der Waals surface area contributed by atoms with Crippen molar-refractivity contribution in [1.29, 1.82) is 0 Å². The van der Waals surface area contributed by atoms with Crippen LogP contribution in [0.1, 0.15) is 17.1 Å². The fourth-order valence-corrected chi connectivity index (χ4v) is 2.51. The predicted molar refractivity (Wildman–Crippen MR) is 89.7 cm³/mol. The Morgan fingerprint density at radius 3 is 2.79 bits per heavy atom. The van der Waals surface area contributed by atoms with E-state index in [1.807, 2.05) is 26.0 Å². The monoisotopic (exact) mass is 328 g/mol. The van der Waals surface area contributed by atoms with Gasteiger partial charge in [0.25, 0.3) is 0 Å². The van der Waals surface area contributed by atoms with E-state index >= 15 is 0 Å². The molecule has 7 heteroatoms. The number of nitrogens with zero attached hydrogens (tertiary/aromatic N) is 3. The highest BCUT2D eigenvalue weighted by molar-refractivity contribution is 5.64. The standard InChI is InChI=1S/C17H20N4O3/c1-11-3-4-16(23)15(19-11)10-18-17-9-14(20-21(17)6-7-22)13-5-8-24-12(13)2/h3-5,8-9,18,22-23H,6-7,10H2,1-2H3. The van der Waals surface area contributed by atoms with Gasteiger partial charge in [0.1, 0.15) is 23.0 Å². The van der Waals surface area contributed by atoms with E-state index in [0.29, 0.717) is 18.8 Å². The number of furan rings is 1. The molecule has 3 heterocycles. The molecule has 126 valence electrons. The summed E-state index contributed by atoms with van der Waals surface area (Å²) >= 11 is 0. The lowest BCUT2D eigenvalue weighted by atomic mass is 10.2. The van der Waals surface area contributed by atoms with Crippen LogP contribution in [0.2, 0.25) is 0 Å². The average Bonchev–Trinajstić information content (AvgIpc) is 3.15. The molecule has 7 nitrogen and oxygen atoms in total. The third kappa shape index (κ3) is 3.26. The molecule has 0 atom stereocenters. The molecular weight excluding hydrogens is 308 g/mol. The summed E-state index contributed by atoms with van der Waals surface area (Å²) in [5, 5.41) is 26.9. The second-order valence-corrected chi connectivity index (χ2v) is 5.52. The van der Waals surface area contributed by atoms with E-state index in [0.717, 1.165) is 28.5 Å². The lowest BCUT2D eigenvalue weighted by Gasteiger charge is -2.09. The van der Waals surface area contributed by atoms with Gasteiger partial charge in [-0.3, -0.25) is 4.98 Å². The Kier molecular flexibility index (Phi) is 4.52. The van der Waals surface area contributed by atoms with Gasteiger partial charge in [0.05, 0.1) is 31.7 Å². The van der Waals surface area contributed by atoms with Crippen LogP contribution in [-0.4, -0.2) is 31.6 Å². The van der Waals surface area contributed by atoms with Gasteiger partial charge in [0.2, 0.25) is 0 Å². The van der Waals surface area contributed by atoms with Crippen molar-refractivity contribution in [2.45, 2.75) is 26.9 Å². The Hall–Kier alpha value is -2.80. The molecular formula is C17H20N4O3. The van der Waals surface area contributed by atoms with E-state index in [2.05, 4.69) is 15.4 Å². The number of pyridine rings is 1. The summed E-state index contributed by atoms with van der Waals surface area (Å²) in [6.45, 7) is 4.45. The first-order valence-corrected chi connectivity index (χ1v) is 7.71. The molecule has 3 rings (SSSR count). The van der Waals surface area contributed by atoms with Crippen LogP contribution in [0.25, 0.3) is 11.3 Å². The molecule has 0 bridgehead atoms. The van der Waals surface area contributed by atoms with Crippen molar-refractivity contribution in [3.8, 4) is 17.0 Å². The molecule has 3 N–H and O–H groups in total. The Bertz CT molecular complexity index is 838. The molecule has 0 aliphatic carbocycles. The highest BCUT2D eigenvalue weighted by atomic mass is 16.3. The van der Waals surface area contributed by atoms with Crippen molar-refractivity contribution in [3.63, 3.8) is 0 Å². The summed E-state index contributed by atoms with van der Waals surface area (Å²) in [7, 11) is 0. The quantitative estimate of drug-likeness (QED) is 0.643. The van der Waals surface area contributed by atoms with Gasteiger partial charge in [-0.05, 0) is 32.0 Å². The van der Waals surface area contributed by atoms with Crippen LogP contribution < -0.4 is 5.32 Å². The van der Waals surface area contributed by atoms with E-state index in [1.165, 1.54) is 0 Å². The molecule has 0 saturated carbocycles. The van der Waals surface area contributed by atoms with Crippen LogP contribution in [0.15, 0.2) is 34.9 Å². The van der Waals surface area contributed by atoms with E-state index in [-0.39, 0.29) is 12.4 Å². The Balaban J connectivity index is 1.85. The van der Waals surface area contributed by atoms with Gasteiger partial charge in [-0.2, -0.15) is 5.10 Å². The zero-order valence-corrected chi connectivity index (χ0v) is 13.7. The lowest BCUT2D eigenvalue weighted by Crippen LogP contribution is -2.11. The number of aromatic nitrogens is 3. The van der Waals surface area contributed by atoms with Gasteiger partial charge in [-0.25, -0.2) is 4.68 Å². The van der Waals surface area contributed by atoms with E-state index in [9.17, 15) is 10.2 Å². The third-order valence-electron chi connectivity index (χ3n) is 3.75. The number of rotatable bonds is 6. The van der Waals surface area contributed by atoms with Crippen LogP contribution in [0.4, 0.5) is 5.82 Å². The number of aliphatic hydroxyl groups is 1. The van der Waals surface area contributed by atoms with Crippen molar-refractivity contribution >= 4 is 5.82 Å². The van der Waals surface area contributed by atoms with Gasteiger partial charge in [-0.15, -0.1) is 0 Å². The molecule has 0 fully saturated rings. The lowest BCUT2D eigenvalue weighted by molar-refractivity contribution is 0.270. The third-order valence-corrected chi connectivity index (χ3v) is 3.75. The molecule has 0 saturated heterocycles. The maximum Gasteiger partial charge on any atom is 0.138 e. The first-order chi connectivity index (χ1) is 11.6. The normalized spacial score (nSPS) is 11.0. The Labute approximate surface area is 139 Å². The summed E-state index contributed by atoms with van der Waals surface area (Å²) < 4.78 is 7.01. The zero-order valence-electron chi connectivity index (χ0n) is 13.7. The van der Waals surface area contributed by atoms with Crippen molar-refractivity contribution in [2.24, 2.45) is 0 Å². The van der Waals surface area contributed by atoms with Crippen LogP contribution in [0, 0.1) is 13.8 Å². The summed E-state index contributed by atoms with van der Waals surface area (Å²) in [6.07, 6.45) is 1.62. The summed E-state index contributed by atoms with van der Waals surface area (Å²) in [6, 6.07) is 7.14. The van der Waals surface area contributed by atoms with Crippen LogP contribution in [0.5, 0.6) is 5.75 Å². The van der Waals surface area contributed by atoms with E-state index in [4.69, 9.17) is 4.42 Å². The number of aromatic hydroxyl groups is 1. The Morgan fingerprint density at radius 2 is 2.08 bits per heavy atom. The minimum Gasteiger partial charge on any atom is -0.506 e. The molecule has 0 aromatic carbocycles. The average molecular weight is 328 g/mol. The summed E-state index contributed by atoms with van der Waals surface area (Å²) in [5.41, 5.74) is 3.07. The van der Waals surface area contributed by atoms with E-state index < -0.39 is 0 Å². The summed E-state index contributed by atoms with van der Waals surface area (Å²) in [5.74, 6) is 1.67. The number of hydrogen-bond donors (Lipinski definition) is 3. The minimum atomic E-state index is -0.0197. The molecule has 24 heavy (non-hydrogen) atoms. The van der Waals surface area contributed by atoms with Gasteiger partial charge in [-0.1, -0.05) is 0 Å².